The van der Waals surface area contributed by atoms with E-state index >= 15 is 0 Å². The number of nitrogens with one attached hydrogen (secondary N) is 1. The first-order valence-electron chi connectivity index (χ1n) is 12.8. The van der Waals surface area contributed by atoms with Crippen molar-refractivity contribution >= 4 is 62.3 Å². The van der Waals surface area contributed by atoms with Gasteiger partial charge < -0.3 is 10.2 Å². The molecule has 0 saturated heterocycles. The Morgan fingerprint density at radius 1 is 0.907 bits per heavy atom. The van der Waals surface area contributed by atoms with Gasteiger partial charge in [0.1, 0.15) is 12.6 Å². The number of carbonyl (C=O) groups excluding carboxylic acids is 2. The monoisotopic (exact) mass is 677 g/mol. The Bertz CT molecular complexity index is 1600. The maximum absolute atomic E-state index is 14.0. The third kappa shape index (κ3) is 8.78. The zero-order valence-corrected chi connectivity index (χ0v) is 26.6. The molecular formula is C29H29Cl3F3N3O4S. The number of sulfonamides is 1. The molecule has 0 aliphatic heterocycles. The summed E-state index contributed by atoms with van der Waals surface area (Å²) in [5.41, 5.74) is -2.00. The highest BCUT2D eigenvalue weighted by Gasteiger charge is 2.37. The summed E-state index contributed by atoms with van der Waals surface area (Å²) in [5, 5.41) is 2.65. The number of nitrogens with zero attached hydrogens (tertiary/aromatic N) is 2. The molecule has 7 nitrogen and oxygen atoms in total. The van der Waals surface area contributed by atoms with Crippen LogP contribution in [0.1, 0.15) is 38.8 Å². The third-order valence-electron chi connectivity index (χ3n) is 6.17. The van der Waals surface area contributed by atoms with Crippen LogP contribution in [0.4, 0.5) is 18.9 Å². The van der Waals surface area contributed by atoms with E-state index in [0.29, 0.717) is 21.0 Å². The first-order valence-corrected chi connectivity index (χ1v) is 15.4. The molecule has 0 aromatic heterocycles. The van der Waals surface area contributed by atoms with Crippen molar-refractivity contribution in [2.24, 2.45) is 0 Å². The highest BCUT2D eigenvalue weighted by Crippen LogP contribution is 2.38. The quantitative estimate of drug-likeness (QED) is 0.260. The fourth-order valence-electron chi connectivity index (χ4n) is 4.02. The van der Waals surface area contributed by atoms with E-state index in [1.165, 1.54) is 43.3 Å². The van der Waals surface area contributed by atoms with Crippen molar-refractivity contribution < 1.29 is 31.2 Å². The van der Waals surface area contributed by atoms with Crippen molar-refractivity contribution in [3.63, 3.8) is 0 Å². The number of anilines is 1. The van der Waals surface area contributed by atoms with Crippen LogP contribution in [0.5, 0.6) is 0 Å². The fourth-order valence-corrected chi connectivity index (χ4v) is 6.14. The van der Waals surface area contributed by atoms with Crippen molar-refractivity contribution in [1.29, 1.82) is 0 Å². The molecule has 3 aromatic carbocycles. The third-order valence-corrected chi connectivity index (χ3v) is 8.88. The van der Waals surface area contributed by atoms with E-state index in [0.717, 1.165) is 17.0 Å². The number of carbonyl (C=O) groups is 2. The Morgan fingerprint density at radius 2 is 1.53 bits per heavy atom. The summed E-state index contributed by atoms with van der Waals surface area (Å²) in [5.74, 6) is -1.43. The van der Waals surface area contributed by atoms with E-state index in [1.807, 2.05) is 0 Å². The standard InChI is InChI=1S/C29H29Cl3F3N3O4S/c1-18(27(40)36-28(2,3)4)37(16-19-10-11-20(30)14-25(19)32)26(39)17-38(43(41,42)22-8-6-5-7-9-22)21-12-13-24(31)23(15-21)29(33,34)35/h5-15,18H,16-17H2,1-4H3,(H,36,40)/t18-/m0/s1. The molecule has 43 heavy (non-hydrogen) atoms. The highest BCUT2D eigenvalue weighted by molar-refractivity contribution is 7.92. The van der Waals surface area contributed by atoms with Gasteiger partial charge in [-0.25, -0.2) is 8.42 Å². The predicted molar refractivity (Wildman–Crippen MR) is 162 cm³/mol. The summed E-state index contributed by atoms with van der Waals surface area (Å²) in [6.07, 6.45) is -4.91. The van der Waals surface area contributed by atoms with Crippen molar-refractivity contribution in [2.45, 2.75) is 56.9 Å². The van der Waals surface area contributed by atoms with Gasteiger partial charge >= 0.3 is 6.18 Å². The number of halogens is 6. The lowest BCUT2D eigenvalue weighted by Gasteiger charge is -2.33. The van der Waals surface area contributed by atoms with Gasteiger partial charge in [0, 0.05) is 22.1 Å². The SMILES string of the molecule is C[C@@H](C(=O)NC(C)(C)C)N(Cc1ccc(Cl)cc1Cl)C(=O)CN(c1ccc(Cl)c(C(F)(F)F)c1)S(=O)(=O)c1ccccc1. The highest BCUT2D eigenvalue weighted by atomic mass is 35.5. The Balaban J connectivity index is 2.14. The maximum Gasteiger partial charge on any atom is 0.417 e. The van der Waals surface area contributed by atoms with Gasteiger partial charge in [0.25, 0.3) is 10.0 Å². The molecule has 0 spiro atoms. The van der Waals surface area contributed by atoms with E-state index < -0.39 is 62.4 Å². The molecule has 0 aliphatic rings. The molecule has 3 aromatic rings. The first kappa shape index (κ1) is 34.5. The molecular weight excluding hydrogens is 650 g/mol. The van der Waals surface area contributed by atoms with Gasteiger partial charge in [-0.1, -0.05) is 59.1 Å². The van der Waals surface area contributed by atoms with E-state index in [2.05, 4.69) is 5.32 Å². The van der Waals surface area contributed by atoms with Gasteiger partial charge in [0.2, 0.25) is 11.8 Å². The fraction of sp³-hybridized carbons (Fsp3) is 0.310. The molecule has 232 valence electrons. The van der Waals surface area contributed by atoms with Crippen LogP contribution in [0.25, 0.3) is 0 Å². The summed E-state index contributed by atoms with van der Waals surface area (Å²) in [4.78, 5) is 28.0. The topological polar surface area (TPSA) is 86.8 Å². The van der Waals surface area contributed by atoms with Gasteiger partial charge in [0.05, 0.1) is 21.2 Å². The minimum atomic E-state index is -4.91. The molecule has 0 heterocycles. The lowest BCUT2D eigenvalue weighted by molar-refractivity contribution is -0.140. The number of hydrogen-bond donors (Lipinski definition) is 1. The zero-order valence-electron chi connectivity index (χ0n) is 23.5. The van der Waals surface area contributed by atoms with Crippen molar-refractivity contribution in [3.8, 4) is 0 Å². The Labute approximate surface area is 263 Å². The van der Waals surface area contributed by atoms with Crippen LogP contribution in [0.3, 0.4) is 0 Å². The molecule has 0 radical (unpaired) electrons. The number of hydrogen-bond acceptors (Lipinski definition) is 4. The summed E-state index contributed by atoms with van der Waals surface area (Å²) in [6.45, 7) is 5.49. The van der Waals surface area contributed by atoms with Crippen LogP contribution in [0, 0.1) is 0 Å². The summed E-state index contributed by atoms with van der Waals surface area (Å²) < 4.78 is 69.4. The lowest BCUT2D eigenvalue weighted by atomic mass is 10.1. The predicted octanol–water partition coefficient (Wildman–Crippen LogP) is 7.19. The van der Waals surface area contributed by atoms with Gasteiger partial charge in [-0.05, 0) is 75.7 Å². The number of alkyl halides is 3. The zero-order chi connectivity index (χ0) is 32.3. The van der Waals surface area contributed by atoms with Gasteiger partial charge in [0.15, 0.2) is 0 Å². The van der Waals surface area contributed by atoms with E-state index in [1.54, 1.807) is 32.9 Å². The maximum atomic E-state index is 14.0. The largest absolute Gasteiger partial charge is 0.417 e. The van der Waals surface area contributed by atoms with E-state index in [-0.39, 0.29) is 16.5 Å². The van der Waals surface area contributed by atoms with Crippen LogP contribution in [-0.2, 0) is 32.3 Å². The molecule has 1 N–H and O–H groups in total. The molecule has 14 heteroatoms. The summed E-state index contributed by atoms with van der Waals surface area (Å²) in [7, 11) is -4.59. The molecule has 0 fully saturated rings. The Kier molecular flexibility index (Phi) is 10.7. The van der Waals surface area contributed by atoms with Gasteiger partial charge in [-0.2, -0.15) is 13.2 Å². The second-order valence-corrected chi connectivity index (χ2v) is 13.8. The molecule has 0 unspecified atom stereocenters. The van der Waals surface area contributed by atoms with Crippen LogP contribution in [0.2, 0.25) is 15.1 Å². The van der Waals surface area contributed by atoms with E-state index in [9.17, 15) is 31.2 Å². The number of benzene rings is 3. The Morgan fingerprint density at radius 3 is 2.09 bits per heavy atom. The van der Waals surface area contributed by atoms with Crippen molar-refractivity contribution in [1.82, 2.24) is 10.2 Å². The first-order chi connectivity index (χ1) is 19.8. The van der Waals surface area contributed by atoms with Crippen LogP contribution in [-0.4, -0.2) is 43.3 Å². The van der Waals surface area contributed by atoms with Crippen LogP contribution in [0.15, 0.2) is 71.6 Å². The van der Waals surface area contributed by atoms with Gasteiger partial charge in [-0.15, -0.1) is 0 Å². The minimum Gasteiger partial charge on any atom is -0.350 e. The van der Waals surface area contributed by atoms with Crippen LogP contribution < -0.4 is 9.62 Å². The summed E-state index contributed by atoms with van der Waals surface area (Å²) >= 11 is 18.1. The molecule has 0 saturated carbocycles. The normalized spacial score (nSPS) is 12.9. The lowest BCUT2D eigenvalue weighted by Crippen LogP contribution is -2.54. The molecule has 0 bridgehead atoms. The van der Waals surface area contributed by atoms with Crippen LogP contribution >= 0.6 is 34.8 Å². The molecule has 1 atom stereocenters. The second-order valence-electron chi connectivity index (χ2n) is 10.7. The number of rotatable bonds is 9. The average molecular weight is 679 g/mol. The second kappa shape index (κ2) is 13.3. The van der Waals surface area contributed by atoms with E-state index in [4.69, 9.17) is 34.8 Å². The molecule has 3 rings (SSSR count). The Hall–Kier alpha value is -2.99. The number of amides is 2. The minimum absolute atomic E-state index is 0.190. The smallest absolute Gasteiger partial charge is 0.350 e. The molecule has 2 amide bonds. The van der Waals surface area contributed by atoms with Gasteiger partial charge in [-0.3, -0.25) is 13.9 Å². The molecule has 0 aliphatic carbocycles. The van der Waals surface area contributed by atoms with Crippen molar-refractivity contribution in [2.75, 3.05) is 10.8 Å². The summed E-state index contributed by atoms with van der Waals surface area (Å²) in [6, 6.07) is 12.8. The average Bonchev–Trinajstić information content (AvgIpc) is 2.90. The van der Waals surface area contributed by atoms with Crippen molar-refractivity contribution in [3.05, 3.63) is 92.9 Å².